The zero-order valence-corrected chi connectivity index (χ0v) is 11.1. The molecule has 0 radical (unpaired) electrons. The molecule has 0 aliphatic carbocycles. The van der Waals surface area contributed by atoms with Gasteiger partial charge in [0.25, 0.3) is 0 Å². The molecule has 0 spiro atoms. The lowest BCUT2D eigenvalue weighted by atomic mass is 10.2. The van der Waals surface area contributed by atoms with E-state index in [1.165, 1.54) is 0 Å². The molecule has 0 aliphatic heterocycles. The summed E-state index contributed by atoms with van der Waals surface area (Å²) in [5.74, 6) is -0.141. The lowest BCUT2D eigenvalue weighted by molar-refractivity contribution is -0.143. The van der Waals surface area contributed by atoms with Gasteiger partial charge < -0.3 is 18.9 Å². The molecule has 102 valence electrons. The van der Waals surface area contributed by atoms with Crippen LogP contribution in [0.15, 0.2) is 0 Å². The van der Waals surface area contributed by atoms with E-state index in [1.54, 1.807) is 21.1 Å². The first-order valence-corrected chi connectivity index (χ1v) is 5.99. The van der Waals surface area contributed by atoms with Crippen molar-refractivity contribution in [1.29, 1.82) is 0 Å². The number of carbonyl (C=O) groups excluding carboxylic acids is 1. The molecular weight excluding hydrogens is 224 g/mol. The van der Waals surface area contributed by atoms with Crippen LogP contribution >= 0.6 is 0 Å². The predicted molar refractivity (Wildman–Crippen MR) is 64.0 cm³/mol. The van der Waals surface area contributed by atoms with Crippen molar-refractivity contribution in [3.8, 4) is 0 Å². The predicted octanol–water partition coefficient (Wildman–Crippen LogP) is 1.40. The smallest absolute Gasteiger partial charge is 0.305 e. The zero-order valence-electron chi connectivity index (χ0n) is 11.1. The molecule has 0 atom stereocenters. The minimum atomic E-state index is -0.141. The fraction of sp³-hybridized carbons (Fsp3) is 0.917. The van der Waals surface area contributed by atoms with Crippen LogP contribution in [0.3, 0.4) is 0 Å². The molecule has 0 saturated carbocycles. The van der Waals surface area contributed by atoms with E-state index in [1.807, 2.05) is 0 Å². The number of carbonyl (C=O) groups is 1. The highest BCUT2D eigenvalue weighted by atomic mass is 16.6. The Balaban J connectivity index is 3.44. The maximum Gasteiger partial charge on any atom is 0.305 e. The van der Waals surface area contributed by atoms with Gasteiger partial charge in [0.15, 0.2) is 0 Å². The van der Waals surface area contributed by atoms with Crippen molar-refractivity contribution < 1.29 is 23.7 Å². The number of rotatable bonds is 11. The van der Waals surface area contributed by atoms with Crippen molar-refractivity contribution in [1.82, 2.24) is 0 Å². The molecule has 0 bridgehead atoms. The molecular formula is C12H24O5. The highest BCUT2D eigenvalue weighted by molar-refractivity contribution is 5.69. The molecule has 5 heteroatoms. The van der Waals surface area contributed by atoms with Crippen LogP contribution in [0.1, 0.15) is 26.2 Å². The maximum absolute atomic E-state index is 11.0. The zero-order chi connectivity index (χ0) is 12.9. The van der Waals surface area contributed by atoms with Crippen LogP contribution in [-0.2, 0) is 23.7 Å². The summed E-state index contributed by atoms with van der Waals surface area (Å²) >= 11 is 0. The van der Waals surface area contributed by atoms with Crippen LogP contribution in [0.5, 0.6) is 0 Å². The number of methoxy groups -OCH3 is 2. The fourth-order valence-corrected chi connectivity index (χ4v) is 1.37. The van der Waals surface area contributed by atoms with E-state index in [0.29, 0.717) is 32.8 Å². The highest BCUT2D eigenvalue weighted by Gasteiger charge is 2.08. The summed E-state index contributed by atoms with van der Waals surface area (Å²) in [5, 5.41) is 0. The van der Waals surface area contributed by atoms with E-state index in [0.717, 1.165) is 12.8 Å². The van der Waals surface area contributed by atoms with E-state index >= 15 is 0 Å². The SMILES string of the molecule is CCOC(=O)CCCCOC(COC)COC. The lowest BCUT2D eigenvalue weighted by Gasteiger charge is -2.15. The average Bonchev–Trinajstić information content (AvgIpc) is 2.29. The number of ether oxygens (including phenoxy) is 4. The first-order valence-electron chi connectivity index (χ1n) is 5.99. The normalized spacial score (nSPS) is 10.8. The molecule has 0 aromatic rings. The van der Waals surface area contributed by atoms with Crippen LogP contribution in [0.2, 0.25) is 0 Å². The van der Waals surface area contributed by atoms with Gasteiger partial charge in [-0.2, -0.15) is 0 Å². The van der Waals surface area contributed by atoms with Crippen molar-refractivity contribution in [2.75, 3.05) is 40.6 Å². The van der Waals surface area contributed by atoms with E-state index in [-0.39, 0.29) is 12.1 Å². The van der Waals surface area contributed by atoms with E-state index in [9.17, 15) is 4.79 Å². The van der Waals surface area contributed by atoms with Gasteiger partial charge in [0, 0.05) is 27.2 Å². The molecule has 0 unspecified atom stereocenters. The summed E-state index contributed by atoms with van der Waals surface area (Å²) in [4.78, 5) is 11.0. The Morgan fingerprint density at radius 3 is 2.29 bits per heavy atom. The van der Waals surface area contributed by atoms with Crippen LogP contribution in [0.25, 0.3) is 0 Å². The molecule has 5 nitrogen and oxygen atoms in total. The van der Waals surface area contributed by atoms with Gasteiger partial charge in [-0.1, -0.05) is 0 Å². The third kappa shape index (κ3) is 10.2. The second kappa shape index (κ2) is 11.8. The van der Waals surface area contributed by atoms with Crippen LogP contribution in [0.4, 0.5) is 0 Å². The fourth-order valence-electron chi connectivity index (χ4n) is 1.37. The first-order chi connectivity index (χ1) is 8.24. The second-order valence-corrected chi connectivity index (χ2v) is 3.67. The van der Waals surface area contributed by atoms with Crippen molar-refractivity contribution in [2.45, 2.75) is 32.3 Å². The van der Waals surface area contributed by atoms with E-state index in [2.05, 4.69) is 0 Å². The minimum absolute atomic E-state index is 0.0346. The maximum atomic E-state index is 11.0. The first kappa shape index (κ1) is 16.4. The monoisotopic (exact) mass is 248 g/mol. The van der Waals surface area contributed by atoms with Gasteiger partial charge in [-0.25, -0.2) is 0 Å². The molecule has 0 heterocycles. The molecule has 0 amide bonds. The number of hydrogen-bond donors (Lipinski definition) is 0. The summed E-state index contributed by atoms with van der Waals surface area (Å²) in [6.45, 7) is 3.90. The standard InChI is InChI=1S/C12H24O5/c1-4-16-12(13)7-5-6-8-17-11(9-14-2)10-15-3/h11H,4-10H2,1-3H3. The average molecular weight is 248 g/mol. The lowest BCUT2D eigenvalue weighted by Crippen LogP contribution is -2.25. The Hall–Kier alpha value is -0.650. The van der Waals surface area contributed by atoms with Gasteiger partial charge in [0.1, 0.15) is 6.10 Å². The molecule has 0 N–H and O–H groups in total. The van der Waals surface area contributed by atoms with Crippen molar-refractivity contribution in [3.05, 3.63) is 0 Å². The number of hydrogen-bond acceptors (Lipinski definition) is 5. The van der Waals surface area contributed by atoms with Gasteiger partial charge in [-0.05, 0) is 19.8 Å². The van der Waals surface area contributed by atoms with Crippen molar-refractivity contribution in [3.63, 3.8) is 0 Å². The molecule has 0 aromatic heterocycles. The van der Waals surface area contributed by atoms with Crippen molar-refractivity contribution in [2.24, 2.45) is 0 Å². The Kier molecular flexibility index (Phi) is 11.4. The van der Waals surface area contributed by atoms with Gasteiger partial charge >= 0.3 is 5.97 Å². The van der Waals surface area contributed by atoms with Gasteiger partial charge in [0.2, 0.25) is 0 Å². The second-order valence-electron chi connectivity index (χ2n) is 3.67. The van der Waals surface area contributed by atoms with Crippen molar-refractivity contribution >= 4 is 5.97 Å². The van der Waals surface area contributed by atoms with Crippen LogP contribution in [-0.4, -0.2) is 52.7 Å². The Morgan fingerprint density at radius 2 is 1.76 bits per heavy atom. The summed E-state index contributed by atoms with van der Waals surface area (Å²) in [6, 6.07) is 0. The van der Waals surface area contributed by atoms with Crippen LogP contribution < -0.4 is 0 Å². The van der Waals surface area contributed by atoms with Gasteiger partial charge in [-0.3, -0.25) is 4.79 Å². The summed E-state index contributed by atoms with van der Waals surface area (Å²) in [6.07, 6.45) is 2.04. The topological polar surface area (TPSA) is 54.0 Å². The Bertz CT molecular complexity index is 178. The number of unbranched alkanes of at least 4 members (excludes halogenated alkanes) is 1. The Morgan fingerprint density at radius 1 is 1.12 bits per heavy atom. The molecule has 0 rings (SSSR count). The molecule has 0 saturated heterocycles. The third-order valence-electron chi connectivity index (χ3n) is 2.14. The Labute approximate surface area is 103 Å². The molecule has 0 aromatic carbocycles. The highest BCUT2D eigenvalue weighted by Crippen LogP contribution is 2.01. The third-order valence-corrected chi connectivity index (χ3v) is 2.14. The summed E-state index contributed by atoms with van der Waals surface area (Å²) in [7, 11) is 3.26. The summed E-state index contributed by atoms with van der Waals surface area (Å²) < 4.78 is 20.4. The molecule has 0 fully saturated rings. The minimum Gasteiger partial charge on any atom is -0.466 e. The molecule has 0 aliphatic rings. The quantitative estimate of drug-likeness (QED) is 0.408. The van der Waals surface area contributed by atoms with E-state index in [4.69, 9.17) is 18.9 Å². The number of esters is 1. The van der Waals surface area contributed by atoms with Gasteiger partial charge in [-0.15, -0.1) is 0 Å². The molecule has 17 heavy (non-hydrogen) atoms. The van der Waals surface area contributed by atoms with Crippen LogP contribution in [0, 0.1) is 0 Å². The van der Waals surface area contributed by atoms with E-state index < -0.39 is 0 Å². The summed E-state index contributed by atoms with van der Waals surface area (Å²) in [5.41, 5.74) is 0. The largest absolute Gasteiger partial charge is 0.466 e. The van der Waals surface area contributed by atoms with Gasteiger partial charge in [0.05, 0.1) is 19.8 Å².